The molecule has 0 aromatic carbocycles. The minimum atomic E-state index is -1.04. The van der Waals surface area contributed by atoms with Crippen LogP contribution in [0.1, 0.15) is 26.5 Å². The number of aromatic nitrogens is 1. The van der Waals surface area contributed by atoms with Crippen molar-refractivity contribution in [1.82, 2.24) is 15.2 Å². The molecule has 1 aromatic rings. The van der Waals surface area contributed by atoms with Crippen LogP contribution in [0.25, 0.3) is 0 Å². The molecule has 0 aliphatic rings. The molecule has 2 amide bonds. The maximum Gasteiger partial charge on any atom is 0.326 e. The molecule has 0 aliphatic heterocycles. The van der Waals surface area contributed by atoms with Crippen LogP contribution in [0.4, 0.5) is 4.79 Å². The number of hydrogen-bond donors (Lipinski definition) is 2. The first-order valence-electron chi connectivity index (χ1n) is 5.83. The van der Waals surface area contributed by atoms with E-state index in [4.69, 9.17) is 5.11 Å². The van der Waals surface area contributed by atoms with Crippen molar-refractivity contribution in [2.75, 3.05) is 7.05 Å². The molecule has 6 nitrogen and oxygen atoms in total. The van der Waals surface area contributed by atoms with Gasteiger partial charge in [0.1, 0.15) is 6.04 Å². The van der Waals surface area contributed by atoms with E-state index in [1.54, 1.807) is 33.3 Å². The van der Waals surface area contributed by atoms with Crippen molar-refractivity contribution in [3.8, 4) is 0 Å². The summed E-state index contributed by atoms with van der Waals surface area (Å²) in [4.78, 5) is 28.6. The van der Waals surface area contributed by atoms with Crippen LogP contribution in [0.2, 0.25) is 0 Å². The summed E-state index contributed by atoms with van der Waals surface area (Å²) in [6.45, 7) is 5.66. The second-order valence-electron chi connectivity index (χ2n) is 5.42. The largest absolute Gasteiger partial charge is 0.480 e. The van der Waals surface area contributed by atoms with Crippen LogP contribution in [0, 0.1) is 5.41 Å². The molecule has 0 saturated carbocycles. The van der Waals surface area contributed by atoms with E-state index in [0.717, 1.165) is 5.69 Å². The molecule has 7 heteroatoms. The molecule has 0 spiro atoms. The Morgan fingerprint density at radius 2 is 2.16 bits per heavy atom. The van der Waals surface area contributed by atoms with Gasteiger partial charge in [0, 0.05) is 12.4 Å². The van der Waals surface area contributed by atoms with Crippen LogP contribution in [0.5, 0.6) is 0 Å². The molecule has 1 rings (SSSR count). The summed E-state index contributed by atoms with van der Waals surface area (Å²) in [5.41, 5.74) is 1.92. The molecule has 1 heterocycles. The lowest BCUT2D eigenvalue weighted by Gasteiger charge is -2.29. The summed E-state index contributed by atoms with van der Waals surface area (Å²) in [5, 5.41) is 13.5. The summed E-state index contributed by atoms with van der Waals surface area (Å²) in [6.07, 6.45) is 0. The first-order chi connectivity index (χ1) is 8.71. The lowest BCUT2D eigenvalue weighted by atomic mass is 9.87. The lowest BCUT2D eigenvalue weighted by Crippen LogP contribution is -2.52. The van der Waals surface area contributed by atoms with E-state index in [9.17, 15) is 9.59 Å². The zero-order valence-electron chi connectivity index (χ0n) is 11.5. The predicted octanol–water partition coefficient (Wildman–Crippen LogP) is 1.78. The van der Waals surface area contributed by atoms with Gasteiger partial charge in [0.15, 0.2) is 0 Å². The molecular weight excluding hydrogens is 266 g/mol. The summed E-state index contributed by atoms with van der Waals surface area (Å²) in [7, 11) is 1.61. The summed E-state index contributed by atoms with van der Waals surface area (Å²) in [6, 6.07) is -1.35. The van der Waals surface area contributed by atoms with Crippen LogP contribution in [0.3, 0.4) is 0 Å². The summed E-state index contributed by atoms with van der Waals surface area (Å²) >= 11 is 1.45. The van der Waals surface area contributed by atoms with E-state index in [2.05, 4.69) is 10.3 Å². The highest BCUT2D eigenvalue weighted by molar-refractivity contribution is 7.07. The average molecular weight is 285 g/mol. The highest BCUT2D eigenvalue weighted by atomic mass is 32.1. The predicted molar refractivity (Wildman–Crippen MR) is 73.0 cm³/mol. The number of carboxylic acids is 1. The standard InChI is InChI=1S/C12H19N3O3S/c1-12(2,3)9(10(16)17)14-11(18)15(4)5-8-6-19-7-13-8/h6-7,9H,5H2,1-4H3,(H,14,18)(H,16,17). The van der Waals surface area contributed by atoms with Crippen LogP contribution in [-0.2, 0) is 11.3 Å². The topological polar surface area (TPSA) is 82.5 Å². The van der Waals surface area contributed by atoms with Gasteiger partial charge in [-0.3, -0.25) is 0 Å². The SMILES string of the molecule is CN(Cc1cscn1)C(=O)NC(C(=O)O)C(C)(C)C. The van der Waals surface area contributed by atoms with Crippen molar-refractivity contribution < 1.29 is 14.7 Å². The number of aliphatic carboxylic acids is 1. The minimum absolute atomic E-state index is 0.353. The highest BCUT2D eigenvalue weighted by Crippen LogP contribution is 2.19. The first kappa shape index (κ1) is 15.4. The monoisotopic (exact) mass is 285 g/mol. The van der Waals surface area contributed by atoms with Gasteiger partial charge in [-0.2, -0.15) is 0 Å². The van der Waals surface area contributed by atoms with E-state index >= 15 is 0 Å². The van der Waals surface area contributed by atoms with Crippen molar-refractivity contribution >= 4 is 23.3 Å². The molecule has 1 aromatic heterocycles. The van der Waals surface area contributed by atoms with Gasteiger partial charge >= 0.3 is 12.0 Å². The number of nitrogens with one attached hydrogen (secondary N) is 1. The Balaban J connectivity index is 2.64. The quantitative estimate of drug-likeness (QED) is 0.883. The van der Waals surface area contributed by atoms with Crippen molar-refractivity contribution in [1.29, 1.82) is 0 Å². The number of carbonyl (C=O) groups excluding carboxylic acids is 1. The van der Waals surface area contributed by atoms with E-state index in [1.165, 1.54) is 16.2 Å². The van der Waals surface area contributed by atoms with Gasteiger partial charge in [0.05, 0.1) is 17.7 Å². The highest BCUT2D eigenvalue weighted by Gasteiger charge is 2.33. The van der Waals surface area contributed by atoms with E-state index in [1.807, 2.05) is 5.38 Å². The Morgan fingerprint density at radius 1 is 1.53 bits per heavy atom. The second-order valence-corrected chi connectivity index (χ2v) is 6.14. The fraction of sp³-hybridized carbons (Fsp3) is 0.583. The van der Waals surface area contributed by atoms with Crippen LogP contribution in [0.15, 0.2) is 10.9 Å². The molecule has 19 heavy (non-hydrogen) atoms. The molecule has 1 unspecified atom stereocenters. The zero-order chi connectivity index (χ0) is 14.6. The average Bonchev–Trinajstić information content (AvgIpc) is 2.75. The molecule has 106 valence electrons. The van der Waals surface area contributed by atoms with Crippen molar-refractivity contribution in [3.05, 3.63) is 16.6 Å². The fourth-order valence-corrected chi connectivity index (χ4v) is 2.06. The van der Waals surface area contributed by atoms with Crippen molar-refractivity contribution in [2.24, 2.45) is 5.41 Å². The molecule has 0 aliphatic carbocycles. The van der Waals surface area contributed by atoms with Gasteiger partial charge in [-0.15, -0.1) is 11.3 Å². The molecule has 0 bridgehead atoms. The van der Waals surface area contributed by atoms with E-state index in [0.29, 0.717) is 6.54 Å². The third kappa shape index (κ3) is 4.51. The minimum Gasteiger partial charge on any atom is -0.480 e. The number of amides is 2. The molecular formula is C12H19N3O3S. The third-order valence-corrected chi connectivity index (χ3v) is 3.25. The van der Waals surface area contributed by atoms with Gasteiger partial charge in [0.2, 0.25) is 0 Å². The van der Waals surface area contributed by atoms with Gasteiger partial charge in [-0.1, -0.05) is 20.8 Å². The molecule has 0 fully saturated rings. The third-order valence-electron chi connectivity index (χ3n) is 2.61. The first-order valence-corrected chi connectivity index (χ1v) is 6.77. The van der Waals surface area contributed by atoms with Gasteiger partial charge in [-0.05, 0) is 5.41 Å². The van der Waals surface area contributed by atoms with E-state index < -0.39 is 23.5 Å². The van der Waals surface area contributed by atoms with Gasteiger partial charge in [0.25, 0.3) is 0 Å². The second kappa shape index (κ2) is 6.01. The van der Waals surface area contributed by atoms with Gasteiger partial charge in [-0.25, -0.2) is 14.6 Å². The number of nitrogens with zero attached hydrogens (tertiary/aromatic N) is 2. The molecule has 1 atom stereocenters. The number of thiazole rings is 1. The molecule has 0 radical (unpaired) electrons. The zero-order valence-corrected chi connectivity index (χ0v) is 12.3. The Morgan fingerprint density at radius 3 is 2.58 bits per heavy atom. The van der Waals surface area contributed by atoms with Crippen LogP contribution < -0.4 is 5.32 Å². The molecule has 0 saturated heterocycles. The normalized spacial score (nSPS) is 12.8. The van der Waals surface area contributed by atoms with Crippen molar-refractivity contribution in [3.63, 3.8) is 0 Å². The number of carbonyl (C=O) groups is 2. The fourth-order valence-electron chi connectivity index (χ4n) is 1.51. The molecule has 2 N–H and O–H groups in total. The lowest BCUT2D eigenvalue weighted by molar-refractivity contribution is -0.142. The Hall–Kier alpha value is -1.63. The number of carboxylic acid groups (broad SMARTS) is 1. The smallest absolute Gasteiger partial charge is 0.326 e. The van der Waals surface area contributed by atoms with E-state index in [-0.39, 0.29) is 0 Å². The summed E-state index contributed by atoms with van der Waals surface area (Å²) < 4.78 is 0. The summed E-state index contributed by atoms with van der Waals surface area (Å²) in [5.74, 6) is -1.04. The Kier molecular flexibility index (Phi) is 4.88. The maximum atomic E-state index is 12.0. The maximum absolute atomic E-state index is 12.0. The number of hydrogen-bond acceptors (Lipinski definition) is 4. The van der Waals surface area contributed by atoms with Crippen LogP contribution >= 0.6 is 11.3 Å². The number of urea groups is 1. The van der Waals surface area contributed by atoms with Gasteiger partial charge < -0.3 is 15.3 Å². The van der Waals surface area contributed by atoms with Crippen molar-refractivity contribution in [2.45, 2.75) is 33.4 Å². The number of rotatable bonds is 4. The Labute approximate surface area is 116 Å². The Bertz CT molecular complexity index is 440. The van der Waals surface area contributed by atoms with Crippen LogP contribution in [-0.4, -0.2) is 40.1 Å².